The van der Waals surface area contributed by atoms with Crippen molar-refractivity contribution in [3.05, 3.63) is 27.8 Å². The number of carbonyl (C=O) groups is 3. The number of aryl methyl sites for hydroxylation is 1. The number of hydrogen-bond acceptors (Lipinski definition) is 5. The van der Waals surface area contributed by atoms with E-state index in [0.717, 1.165) is 11.1 Å². The molecule has 3 heterocycles. The van der Waals surface area contributed by atoms with Crippen molar-refractivity contribution in [1.82, 2.24) is 10.3 Å². The Morgan fingerprint density at radius 2 is 1.96 bits per heavy atom. The average molecular weight is 404 g/mol. The molecule has 7 nitrogen and oxygen atoms in total. The number of ether oxygens (including phenoxy) is 1. The predicted octanol–water partition coefficient (Wildman–Crippen LogP) is 2.55. The van der Waals surface area contributed by atoms with Crippen molar-refractivity contribution < 1.29 is 19.1 Å². The molecule has 0 unspecified atom stereocenters. The van der Waals surface area contributed by atoms with Crippen molar-refractivity contribution in [3.8, 4) is 5.75 Å². The van der Waals surface area contributed by atoms with E-state index in [4.69, 9.17) is 16.3 Å². The molecule has 0 aliphatic carbocycles. The van der Waals surface area contributed by atoms with Crippen LogP contribution in [0.15, 0.2) is 11.2 Å². The highest BCUT2D eigenvalue weighted by atomic mass is 35.5. The van der Waals surface area contributed by atoms with Gasteiger partial charge in [-0.2, -0.15) is 5.10 Å². The van der Waals surface area contributed by atoms with Crippen molar-refractivity contribution in [2.45, 2.75) is 51.6 Å². The van der Waals surface area contributed by atoms with E-state index >= 15 is 0 Å². The van der Waals surface area contributed by atoms with Crippen LogP contribution >= 0.6 is 11.6 Å². The van der Waals surface area contributed by atoms with Crippen LogP contribution in [0.3, 0.4) is 0 Å². The number of amides is 2. The molecule has 4 rings (SSSR count). The SMILES string of the molecule is Cc1cc2c(c(C)c1Cl)C(=O)CC1(CCN(C(=O)C3=NNC(=O)CC3)CC1)O2. The highest BCUT2D eigenvalue weighted by Crippen LogP contribution is 2.43. The van der Waals surface area contributed by atoms with Gasteiger partial charge >= 0.3 is 0 Å². The number of hydrazone groups is 1. The maximum atomic E-state index is 12.9. The summed E-state index contributed by atoms with van der Waals surface area (Å²) in [5.41, 5.74) is 4.38. The zero-order valence-electron chi connectivity index (χ0n) is 15.9. The quantitative estimate of drug-likeness (QED) is 0.780. The highest BCUT2D eigenvalue weighted by molar-refractivity contribution is 6.39. The van der Waals surface area contributed by atoms with E-state index in [0.29, 0.717) is 60.8 Å². The molecule has 28 heavy (non-hydrogen) atoms. The molecule has 1 N–H and O–H groups in total. The summed E-state index contributed by atoms with van der Waals surface area (Å²) in [6, 6.07) is 1.83. The van der Waals surface area contributed by atoms with Crippen LogP contribution in [0.2, 0.25) is 5.02 Å². The topological polar surface area (TPSA) is 88.1 Å². The number of nitrogens with zero attached hydrogens (tertiary/aromatic N) is 2. The molecular weight excluding hydrogens is 382 g/mol. The Morgan fingerprint density at radius 3 is 2.61 bits per heavy atom. The number of fused-ring (bicyclic) bond motifs is 1. The lowest BCUT2D eigenvalue weighted by Gasteiger charge is -2.44. The Bertz CT molecular complexity index is 917. The van der Waals surface area contributed by atoms with Crippen molar-refractivity contribution >= 4 is 34.9 Å². The lowest BCUT2D eigenvalue weighted by Crippen LogP contribution is -2.53. The largest absolute Gasteiger partial charge is 0.486 e. The minimum Gasteiger partial charge on any atom is -0.486 e. The number of carbonyl (C=O) groups excluding carboxylic acids is 3. The maximum Gasteiger partial charge on any atom is 0.270 e. The summed E-state index contributed by atoms with van der Waals surface area (Å²) >= 11 is 6.30. The molecule has 1 spiro atoms. The van der Waals surface area contributed by atoms with Gasteiger partial charge in [-0.3, -0.25) is 14.4 Å². The molecule has 0 radical (unpaired) electrons. The Morgan fingerprint density at radius 1 is 1.25 bits per heavy atom. The molecule has 0 aromatic heterocycles. The van der Waals surface area contributed by atoms with Gasteiger partial charge in [-0.15, -0.1) is 0 Å². The number of likely N-dealkylation sites (tertiary alicyclic amines) is 1. The molecule has 8 heteroatoms. The summed E-state index contributed by atoms with van der Waals surface area (Å²) in [7, 11) is 0. The summed E-state index contributed by atoms with van der Waals surface area (Å²) in [5.74, 6) is 0.304. The fourth-order valence-electron chi connectivity index (χ4n) is 4.21. The third-order valence-electron chi connectivity index (χ3n) is 5.85. The van der Waals surface area contributed by atoms with Gasteiger partial charge in [0, 0.05) is 43.8 Å². The van der Waals surface area contributed by atoms with Crippen LogP contribution in [0, 0.1) is 13.8 Å². The van der Waals surface area contributed by atoms with Gasteiger partial charge in [-0.05, 0) is 31.0 Å². The fourth-order valence-corrected chi connectivity index (χ4v) is 4.36. The molecule has 0 bridgehead atoms. The number of nitrogens with one attached hydrogen (secondary N) is 1. The molecule has 0 saturated carbocycles. The second-order valence-corrected chi connectivity index (χ2v) is 8.15. The monoisotopic (exact) mass is 403 g/mol. The second kappa shape index (κ2) is 6.88. The zero-order chi connectivity index (χ0) is 20.1. The number of ketones is 1. The molecular formula is C20H22ClN3O4. The first-order chi connectivity index (χ1) is 13.3. The van der Waals surface area contributed by atoms with Gasteiger partial charge in [0.1, 0.15) is 17.1 Å². The molecule has 3 aliphatic rings. The lowest BCUT2D eigenvalue weighted by molar-refractivity contribution is -0.127. The van der Waals surface area contributed by atoms with E-state index in [1.807, 2.05) is 19.9 Å². The van der Waals surface area contributed by atoms with Crippen molar-refractivity contribution in [2.24, 2.45) is 5.10 Å². The summed E-state index contributed by atoms with van der Waals surface area (Å²) < 4.78 is 6.33. The van der Waals surface area contributed by atoms with Crippen LogP contribution in [0.4, 0.5) is 0 Å². The molecule has 1 aromatic carbocycles. The van der Waals surface area contributed by atoms with E-state index in [1.165, 1.54) is 0 Å². The normalized spacial score (nSPS) is 21.0. The van der Waals surface area contributed by atoms with Gasteiger partial charge in [0.25, 0.3) is 5.91 Å². The first kappa shape index (κ1) is 18.9. The Labute approximate surface area is 168 Å². The van der Waals surface area contributed by atoms with E-state index in [1.54, 1.807) is 4.90 Å². The van der Waals surface area contributed by atoms with Crippen molar-refractivity contribution in [2.75, 3.05) is 13.1 Å². The average Bonchev–Trinajstić information content (AvgIpc) is 2.66. The number of Topliss-reactive ketones (excluding diaryl/α,β-unsaturated/α-hetero) is 1. The lowest BCUT2D eigenvalue weighted by atomic mass is 9.81. The van der Waals surface area contributed by atoms with Crippen molar-refractivity contribution in [1.29, 1.82) is 0 Å². The van der Waals surface area contributed by atoms with E-state index in [9.17, 15) is 14.4 Å². The molecule has 1 fully saturated rings. The minimum atomic E-state index is -0.587. The van der Waals surface area contributed by atoms with E-state index < -0.39 is 5.60 Å². The second-order valence-electron chi connectivity index (χ2n) is 7.78. The molecule has 1 aromatic rings. The van der Waals surface area contributed by atoms with Crippen LogP contribution in [-0.4, -0.2) is 46.9 Å². The third kappa shape index (κ3) is 3.17. The van der Waals surface area contributed by atoms with E-state index in [-0.39, 0.29) is 24.0 Å². The van der Waals surface area contributed by atoms with E-state index in [2.05, 4.69) is 10.5 Å². The summed E-state index contributed by atoms with van der Waals surface area (Å²) in [6.45, 7) is 4.72. The van der Waals surface area contributed by atoms with Gasteiger partial charge in [0.05, 0.1) is 12.0 Å². The Kier molecular flexibility index (Phi) is 4.65. The van der Waals surface area contributed by atoms with Crippen LogP contribution in [-0.2, 0) is 9.59 Å². The fraction of sp³-hybridized carbons (Fsp3) is 0.500. The standard InChI is InChI=1S/C20H22ClN3O4/c1-11-9-15-17(12(2)18(11)21)14(25)10-20(28-15)5-7-24(8-6-20)19(27)13-3-4-16(26)23-22-13/h9H,3-8,10H2,1-2H3,(H,23,26). The van der Waals surface area contributed by atoms with Crippen molar-refractivity contribution in [3.63, 3.8) is 0 Å². The summed E-state index contributed by atoms with van der Waals surface area (Å²) in [5, 5.41) is 4.49. The smallest absolute Gasteiger partial charge is 0.270 e. The maximum absolute atomic E-state index is 12.9. The van der Waals surface area contributed by atoms with Crippen LogP contribution in [0.25, 0.3) is 0 Å². The van der Waals surface area contributed by atoms with Gasteiger partial charge in [-0.25, -0.2) is 5.43 Å². The number of benzene rings is 1. The molecule has 0 atom stereocenters. The van der Waals surface area contributed by atoms with Gasteiger partial charge in [0.15, 0.2) is 5.78 Å². The highest BCUT2D eigenvalue weighted by Gasteiger charge is 2.45. The number of rotatable bonds is 1. The number of halogens is 1. The number of hydrogen-bond donors (Lipinski definition) is 1. The molecule has 148 valence electrons. The Balaban J connectivity index is 1.50. The Hall–Kier alpha value is -2.41. The minimum absolute atomic E-state index is 0.0415. The summed E-state index contributed by atoms with van der Waals surface area (Å²) in [6.07, 6.45) is 2.07. The predicted molar refractivity (Wildman–Crippen MR) is 104 cm³/mol. The third-order valence-corrected chi connectivity index (χ3v) is 6.43. The van der Waals surface area contributed by atoms with Gasteiger partial charge in [-0.1, -0.05) is 11.6 Å². The van der Waals surface area contributed by atoms with Crippen LogP contribution in [0.5, 0.6) is 5.75 Å². The molecule has 2 amide bonds. The zero-order valence-corrected chi connectivity index (χ0v) is 16.7. The first-order valence-corrected chi connectivity index (χ1v) is 9.84. The number of piperidine rings is 1. The first-order valence-electron chi connectivity index (χ1n) is 9.46. The van der Waals surface area contributed by atoms with Gasteiger partial charge in [0.2, 0.25) is 5.91 Å². The molecule has 1 saturated heterocycles. The van der Waals surface area contributed by atoms with Crippen LogP contribution in [0.1, 0.15) is 53.6 Å². The molecule has 3 aliphatic heterocycles. The van der Waals surface area contributed by atoms with Crippen LogP contribution < -0.4 is 10.2 Å². The van der Waals surface area contributed by atoms with Gasteiger partial charge < -0.3 is 9.64 Å². The summed E-state index contributed by atoms with van der Waals surface area (Å²) in [4.78, 5) is 38.4.